The predicted molar refractivity (Wildman–Crippen MR) is 104 cm³/mol. The topological polar surface area (TPSA) is 96.2 Å². The van der Waals surface area contributed by atoms with Gasteiger partial charge in [0.2, 0.25) is 11.9 Å². The SMILES string of the molecule is CCOC(=O)C1OCCCC1=O.O=c1c2c(nc3ccc(Br)cn13)CCCO2. The number of hydrogen-bond donors (Lipinski definition) is 0. The molecule has 150 valence electrons. The van der Waals surface area contributed by atoms with E-state index < -0.39 is 12.1 Å². The maximum absolute atomic E-state index is 12.1. The highest BCUT2D eigenvalue weighted by atomic mass is 79.9. The number of Topliss-reactive ketones (excluding diaryl/α,β-unsaturated/α-hetero) is 1. The summed E-state index contributed by atoms with van der Waals surface area (Å²) in [6.45, 7) is 3.05. The van der Waals surface area contributed by atoms with Gasteiger partial charge in [-0.15, -0.1) is 0 Å². The average molecular weight is 453 g/mol. The van der Waals surface area contributed by atoms with Gasteiger partial charge in [0.15, 0.2) is 5.78 Å². The molecule has 1 fully saturated rings. The minimum absolute atomic E-state index is 0.124. The highest BCUT2D eigenvalue weighted by Gasteiger charge is 2.31. The molecule has 0 bridgehead atoms. The van der Waals surface area contributed by atoms with Gasteiger partial charge in [-0.25, -0.2) is 9.78 Å². The van der Waals surface area contributed by atoms with Crippen LogP contribution in [0.2, 0.25) is 0 Å². The third-order valence-corrected chi connectivity index (χ3v) is 4.73. The molecule has 0 amide bonds. The Balaban J connectivity index is 0.000000169. The average Bonchev–Trinajstić information content (AvgIpc) is 2.70. The summed E-state index contributed by atoms with van der Waals surface area (Å²) in [7, 11) is 0. The summed E-state index contributed by atoms with van der Waals surface area (Å²) in [5, 5.41) is 0. The molecule has 4 rings (SSSR count). The van der Waals surface area contributed by atoms with Crippen molar-refractivity contribution in [3.8, 4) is 5.75 Å². The maximum Gasteiger partial charge on any atom is 0.343 e. The lowest BCUT2D eigenvalue weighted by Crippen LogP contribution is -2.38. The highest BCUT2D eigenvalue weighted by molar-refractivity contribution is 9.10. The summed E-state index contributed by atoms with van der Waals surface area (Å²) in [5.41, 5.74) is 1.32. The van der Waals surface area contributed by atoms with E-state index in [4.69, 9.17) is 9.47 Å². The Morgan fingerprint density at radius 3 is 2.82 bits per heavy atom. The largest absolute Gasteiger partial charge is 0.486 e. The van der Waals surface area contributed by atoms with Crippen LogP contribution < -0.4 is 10.3 Å². The summed E-state index contributed by atoms with van der Waals surface area (Å²) in [6, 6.07) is 3.69. The number of aromatic nitrogens is 2. The van der Waals surface area contributed by atoms with E-state index in [0.717, 1.165) is 23.0 Å². The first-order valence-electron chi connectivity index (χ1n) is 9.15. The van der Waals surface area contributed by atoms with Crippen LogP contribution in [-0.4, -0.2) is 47.1 Å². The smallest absolute Gasteiger partial charge is 0.343 e. The first-order chi connectivity index (χ1) is 13.5. The summed E-state index contributed by atoms with van der Waals surface area (Å²) in [5.74, 6) is -0.316. The van der Waals surface area contributed by atoms with E-state index in [-0.39, 0.29) is 17.9 Å². The molecule has 8 nitrogen and oxygen atoms in total. The number of nitrogens with zero attached hydrogens (tertiary/aromatic N) is 2. The van der Waals surface area contributed by atoms with Crippen molar-refractivity contribution in [1.29, 1.82) is 0 Å². The first-order valence-corrected chi connectivity index (χ1v) is 9.95. The molecule has 0 aromatic carbocycles. The fraction of sp³-hybridized carbons (Fsp3) is 0.474. The van der Waals surface area contributed by atoms with Gasteiger partial charge in [-0.2, -0.15) is 0 Å². The van der Waals surface area contributed by atoms with Gasteiger partial charge in [-0.1, -0.05) is 0 Å². The van der Waals surface area contributed by atoms with Gasteiger partial charge >= 0.3 is 11.5 Å². The third kappa shape index (κ3) is 4.59. The van der Waals surface area contributed by atoms with Crippen molar-refractivity contribution in [2.24, 2.45) is 0 Å². The van der Waals surface area contributed by atoms with E-state index in [0.29, 0.717) is 37.5 Å². The van der Waals surface area contributed by atoms with E-state index in [1.807, 2.05) is 12.1 Å². The fourth-order valence-electron chi connectivity index (χ4n) is 2.96. The van der Waals surface area contributed by atoms with Crippen molar-refractivity contribution in [3.63, 3.8) is 0 Å². The fourth-order valence-corrected chi connectivity index (χ4v) is 3.30. The molecule has 28 heavy (non-hydrogen) atoms. The lowest BCUT2D eigenvalue weighted by molar-refractivity contribution is -0.164. The Morgan fingerprint density at radius 2 is 2.07 bits per heavy atom. The van der Waals surface area contributed by atoms with Crippen molar-refractivity contribution in [2.75, 3.05) is 19.8 Å². The van der Waals surface area contributed by atoms with Crippen LogP contribution in [-0.2, 0) is 25.5 Å². The molecule has 2 aliphatic rings. The Kier molecular flexibility index (Phi) is 6.79. The summed E-state index contributed by atoms with van der Waals surface area (Å²) in [4.78, 5) is 38.7. The van der Waals surface area contributed by atoms with Gasteiger partial charge in [0, 0.05) is 23.7 Å². The van der Waals surface area contributed by atoms with E-state index in [1.165, 1.54) is 4.40 Å². The molecule has 0 aliphatic carbocycles. The number of halogens is 1. The molecule has 0 N–H and O–H groups in total. The van der Waals surface area contributed by atoms with E-state index >= 15 is 0 Å². The van der Waals surface area contributed by atoms with Crippen molar-refractivity contribution in [1.82, 2.24) is 9.38 Å². The van der Waals surface area contributed by atoms with Crippen LogP contribution in [0.4, 0.5) is 0 Å². The third-order valence-electron chi connectivity index (χ3n) is 4.26. The van der Waals surface area contributed by atoms with E-state index in [1.54, 1.807) is 13.1 Å². The number of aryl methyl sites for hydroxylation is 1. The van der Waals surface area contributed by atoms with Crippen molar-refractivity contribution < 1.29 is 23.8 Å². The van der Waals surface area contributed by atoms with Gasteiger partial charge in [-0.05, 0) is 54.2 Å². The van der Waals surface area contributed by atoms with Gasteiger partial charge in [0.05, 0.1) is 18.9 Å². The first kappa shape index (κ1) is 20.5. The van der Waals surface area contributed by atoms with Gasteiger partial charge in [0.1, 0.15) is 5.65 Å². The molecule has 4 heterocycles. The van der Waals surface area contributed by atoms with Crippen molar-refractivity contribution in [2.45, 2.75) is 38.7 Å². The van der Waals surface area contributed by atoms with Crippen LogP contribution in [0.25, 0.3) is 5.65 Å². The van der Waals surface area contributed by atoms with Gasteiger partial charge < -0.3 is 14.2 Å². The van der Waals surface area contributed by atoms with Crippen molar-refractivity contribution in [3.05, 3.63) is 38.9 Å². The Morgan fingerprint density at radius 1 is 1.29 bits per heavy atom. The molecular formula is C19H21BrN2O6. The summed E-state index contributed by atoms with van der Waals surface area (Å²) in [6.07, 6.45) is 3.61. The number of carbonyl (C=O) groups excluding carboxylic acids is 2. The molecule has 1 unspecified atom stereocenters. The number of ether oxygens (including phenoxy) is 3. The Bertz CT molecular complexity index is 942. The van der Waals surface area contributed by atoms with Gasteiger partial charge in [0.25, 0.3) is 0 Å². The molecule has 2 aromatic heterocycles. The van der Waals surface area contributed by atoms with Crippen LogP contribution in [0.3, 0.4) is 0 Å². The molecule has 0 saturated carbocycles. The summed E-state index contributed by atoms with van der Waals surface area (Å²) < 4.78 is 17.4. The zero-order valence-electron chi connectivity index (χ0n) is 15.5. The van der Waals surface area contributed by atoms with Crippen LogP contribution in [0.15, 0.2) is 27.6 Å². The molecule has 2 aliphatic heterocycles. The second kappa shape index (κ2) is 9.29. The lowest BCUT2D eigenvalue weighted by atomic mass is 10.1. The number of carbonyl (C=O) groups is 2. The van der Waals surface area contributed by atoms with Crippen LogP contribution in [0.1, 0.15) is 31.9 Å². The minimum Gasteiger partial charge on any atom is -0.486 e. The Labute approximate surface area is 169 Å². The molecule has 9 heteroatoms. The molecule has 1 atom stereocenters. The molecule has 1 saturated heterocycles. The number of fused-ring (bicyclic) bond motifs is 2. The number of hydrogen-bond acceptors (Lipinski definition) is 7. The molecule has 0 radical (unpaired) electrons. The number of esters is 1. The maximum atomic E-state index is 12.1. The second-order valence-corrected chi connectivity index (χ2v) is 7.21. The molecule has 0 spiro atoms. The standard InChI is InChI=1S/C11H9BrN2O2.C8H12O4/c12-7-3-4-9-13-8-2-1-5-16-10(8)11(15)14(9)6-7;1-2-11-8(10)7-6(9)4-3-5-12-7/h3-4,6H,1-2,5H2;7H,2-5H2,1H3. The van der Waals surface area contributed by atoms with Gasteiger partial charge in [-0.3, -0.25) is 14.0 Å². The van der Waals surface area contributed by atoms with Crippen LogP contribution in [0, 0.1) is 0 Å². The minimum atomic E-state index is -0.960. The molecule has 2 aromatic rings. The van der Waals surface area contributed by atoms with E-state index in [2.05, 4.69) is 25.7 Å². The normalized spacial score (nSPS) is 18.5. The van der Waals surface area contributed by atoms with Crippen LogP contribution >= 0.6 is 15.9 Å². The predicted octanol–water partition coefficient (Wildman–Crippen LogP) is 2.08. The van der Waals surface area contributed by atoms with Crippen LogP contribution in [0.5, 0.6) is 5.75 Å². The number of ketones is 1. The number of pyridine rings is 1. The second-order valence-electron chi connectivity index (χ2n) is 6.29. The zero-order chi connectivity index (χ0) is 20.1. The lowest BCUT2D eigenvalue weighted by Gasteiger charge is -2.19. The quantitative estimate of drug-likeness (QED) is 0.508. The van der Waals surface area contributed by atoms with Crippen molar-refractivity contribution >= 4 is 33.3 Å². The number of rotatable bonds is 2. The zero-order valence-corrected chi connectivity index (χ0v) is 17.1. The monoisotopic (exact) mass is 452 g/mol. The highest BCUT2D eigenvalue weighted by Crippen LogP contribution is 2.20. The summed E-state index contributed by atoms with van der Waals surface area (Å²) >= 11 is 3.33. The Hall–Kier alpha value is -2.26. The molecular weight excluding hydrogens is 432 g/mol. The van der Waals surface area contributed by atoms with E-state index in [9.17, 15) is 14.4 Å².